The van der Waals surface area contributed by atoms with E-state index in [9.17, 15) is 0 Å². The van der Waals surface area contributed by atoms with Crippen LogP contribution in [-0.2, 0) is 4.12 Å². The molecule has 1 unspecified atom stereocenters. The van der Waals surface area contributed by atoms with E-state index in [0.717, 1.165) is 31.2 Å². The molecule has 6 heteroatoms. The second kappa shape index (κ2) is 7.94. The Morgan fingerprint density at radius 2 is 1.70 bits per heavy atom. The van der Waals surface area contributed by atoms with Crippen LogP contribution in [0.15, 0.2) is 30.3 Å². The molecule has 0 amide bonds. The number of benzene rings is 1. The Morgan fingerprint density at radius 1 is 1.05 bits per heavy atom. The summed E-state index contributed by atoms with van der Waals surface area (Å²) in [5, 5.41) is 6.33. The van der Waals surface area contributed by atoms with E-state index in [-0.39, 0.29) is 0 Å². The number of unbranched alkanes of at least 4 members (excludes halogenated alkanes) is 1. The zero-order valence-electron chi connectivity index (χ0n) is 12.9. The first-order valence-corrected chi connectivity index (χ1v) is 13.0. The summed E-state index contributed by atoms with van der Waals surface area (Å²) in [6, 6.07) is 10.8. The van der Waals surface area contributed by atoms with E-state index >= 15 is 0 Å². The minimum Gasteiger partial charge on any atom is -0.494 e. The Morgan fingerprint density at radius 3 is 2.30 bits per heavy atom. The van der Waals surface area contributed by atoms with Gasteiger partial charge in [-0.3, -0.25) is 0 Å². The van der Waals surface area contributed by atoms with Crippen LogP contribution in [0.4, 0.5) is 0 Å². The molecular formula is C14H28N2O2Si2. The van der Waals surface area contributed by atoms with Gasteiger partial charge in [0.2, 0.25) is 0 Å². The topological polar surface area (TPSA) is 70.5 Å². The van der Waals surface area contributed by atoms with Crippen molar-refractivity contribution in [3.63, 3.8) is 0 Å². The first kappa shape index (κ1) is 17.4. The molecule has 0 fully saturated rings. The zero-order valence-corrected chi connectivity index (χ0v) is 14.9. The van der Waals surface area contributed by atoms with E-state index in [1.54, 1.807) is 0 Å². The first-order valence-electron chi connectivity index (χ1n) is 7.22. The molecule has 1 aromatic carbocycles. The summed E-state index contributed by atoms with van der Waals surface area (Å²) in [6.45, 7) is 7.06. The van der Waals surface area contributed by atoms with Gasteiger partial charge in [-0.25, -0.2) is 0 Å². The minimum absolute atomic E-state index is 0.629. The fraction of sp³-hybridized carbons (Fsp3) is 0.571. The predicted molar refractivity (Wildman–Crippen MR) is 89.4 cm³/mol. The molecule has 1 atom stereocenters. The van der Waals surface area contributed by atoms with Crippen molar-refractivity contribution in [2.75, 3.05) is 12.8 Å². The van der Waals surface area contributed by atoms with Crippen LogP contribution in [0.5, 0.6) is 5.75 Å². The maximum Gasteiger partial charge on any atom is 0.252 e. The van der Waals surface area contributed by atoms with Crippen LogP contribution < -0.4 is 15.9 Å². The molecule has 20 heavy (non-hydrogen) atoms. The smallest absolute Gasteiger partial charge is 0.252 e. The Kier molecular flexibility index (Phi) is 6.91. The average Bonchev–Trinajstić information content (AvgIpc) is 2.38. The van der Waals surface area contributed by atoms with Crippen LogP contribution in [-0.4, -0.2) is 29.6 Å². The standard InChI is InChI=1S/C14H28N2O2Si2/c1-19(2,13-15)18-20(3,16)12-8-7-11-17-14-9-5-4-6-10-14/h4-6,9-10H,7-8,11-13,15-16H2,1-3H3. The monoisotopic (exact) mass is 312 g/mol. The SMILES string of the molecule is C[Si](C)(CN)O[Si](C)(N)CCCCOc1ccccc1. The first-order chi connectivity index (χ1) is 9.35. The molecule has 0 saturated carbocycles. The van der Waals surface area contributed by atoms with Crippen molar-refractivity contribution in [3.8, 4) is 5.75 Å². The molecule has 1 rings (SSSR count). The fourth-order valence-electron chi connectivity index (χ4n) is 2.01. The largest absolute Gasteiger partial charge is 0.494 e. The van der Waals surface area contributed by atoms with Crippen LogP contribution in [0.3, 0.4) is 0 Å². The van der Waals surface area contributed by atoms with Gasteiger partial charge in [-0.15, -0.1) is 0 Å². The lowest BCUT2D eigenvalue weighted by atomic mass is 10.3. The predicted octanol–water partition coefficient (Wildman–Crippen LogP) is 2.60. The third-order valence-electron chi connectivity index (χ3n) is 3.08. The third-order valence-corrected chi connectivity index (χ3v) is 9.49. The quantitative estimate of drug-likeness (QED) is 0.543. The molecule has 4 nitrogen and oxygen atoms in total. The van der Waals surface area contributed by atoms with Crippen LogP contribution in [0.2, 0.25) is 25.7 Å². The molecule has 0 saturated heterocycles. The zero-order chi connectivity index (χ0) is 15.1. The number of hydrogen-bond acceptors (Lipinski definition) is 4. The van der Waals surface area contributed by atoms with E-state index < -0.39 is 16.8 Å². The van der Waals surface area contributed by atoms with E-state index in [0.29, 0.717) is 6.17 Å². The second-order valence-electron chi connectivity index (χ2n) is 6.00. The van der Waals surface area contributed by atoms with Gasteiger partial charge in [-0.1, -0.05) is 18.2 Å². The lowest BCUT2D eigenvalue weighted by Gasteiger charge is -2.32. The summed E-state index contributed by atoms with van der Waals surface area (Å²) in [6.07, 6.45) is 2.67. The summed E-state index contributed by atoms with van der Waals surface area (Å²) in [5.74, 6) is 0.924. The molecule has 0 bridgehead atoms. The summed E-state index contributed by atoms with van der Waals surface area (Å²) in [4.78, 5) is 0. The Balaban J connectivity index is 2.20. The summed E-state index contributed by atoms with van der Waals surface area (Å²) in [7, 11) is -3.81. The molecule has 0 heterocycles. The van der Waals surface area contributed by atoms with Gasteiger partial charge in [0, 0.05) is 6.17 Å². The number of nitrogens with two attached hydrogens (primary N) is 2. The van der Waals surface area contributed by atoms with Crippen LogP contribution in [0, 0.1) is 0 Å². The summed E-state index contributed by atoms with van der Waals surface area (Å²) in [5.41, 5.74) is 5.74. The van der Waals surface area contributed by atoms with Gasteiger partial charge < -0.3 is 20.0 Å². The van der Waals surface area contributed by atoms with Crippen molar-refractivity contribution in [2.45, 2.75) is 38.5 Å². The maximum absolute atomic E-state index is 6.33. The molecule has 0 aromatic heterocycles. The number of ether oxygens (including phenoxy) is 1. The highest BCUT2D eigenvalue weighted by Gasteiger charge is 2.32. The molecule has 0 spiro atoms. The van der Waals surface area contributed by atoms with Crippen LogP contribution >= 0.6 is 0 Å². The van der Waals surface area contributed by atoms with Crippen molar-refractivity contribution in [1.29, 1.82) is 0 Å². The van der Waals surface area contributed by atoms with Crippen molar-refractivity contribution in [2.24, 2.45) is 11.1 Å². The normalized spacial score (nSPS) is 14.8. The van der Waals surface area contributed by atoms with Crippen molar-refractivity contribution < 1.29 is 8.85 Å². The highest BCUT2D eigenvalue weighted by Crippen LogP contribution is 2.16. The van der Waals surface area contributed by atoms with Crippen molar-refractivity contribution in [1.82, 2.24) is 0 Å². The number of hydrogen-bond donors (Lipinski definition) is 2. The van der Waals surface area contributed by atoms with Gasteiger partial charge in [0.25, 0.3) is 8.48 Å². The molecule has 4 N–H and O–H groups in total. The molecule has 0 aliphatic carbocycles. The number of para-hydroxylation sites is 1. The average molecular weight is 313 g/mol. The van der Waals surface area contributed by atoms with Gasteiger partial charge in [0.1, 0.15) is 5.75 Å². The highest BCUT2D eigenvalue weighted by molar-refractivity contribution is 6.84. The Labute approximate surface area is 124 Å². The molecular weight excluding hydrogens is 284 g/mol. The summed E-state index contributed by atoms with van der Waals surface area (Å²) >= 11 is 0. The molecule has 114 valence electrons. The second-order valence-corrected chi connectivity index (χ2v) is 13.9. The van der Waals surface area contributed by atoms with Crippen molar-refractivity contribution in [3.05, 3.63) is 30.3 Å². The van der Waals surface area contributed by atoms with Crippen LogP contribution in [0.1, 0.15) is 12.8 Å². The van der Waals surface area contributed by atoms with Crippen molar-refractivity contribution >= 4 is 16.8 Å². The Hall–Kier alpha value is -0.666. The molecule has 0 aliphatic heterocycles. The highest BCUT2D eigenvalue weighted by atomic mass is 28.4. The lowest BCUT2D eigenvalue weighted by Crippen LogP contribution is -2.56. The molecule has 0 aliphatic rings. The number of rotatable bonds is 9. The van der Waals surface area contributed by atoms with Gasteiger partial charge in [0.05, 0.1) is 6.61 Å². The molecule has 0 radical (unpaired) electrons. The van der Waals surface area contributed by atoms with Crippen LogP contribution in [0.25, 0.3) is 0 Å². The minimum atomic E-state index is -2.06. The van der Waals surface area contributed by atoms with E-state index in [1.807, 2.05) is 30.3 Å². The summed E-state index contributed by atoms with van der Waals surface area (Å²) < 4.78 is 11.8. The van der Waals surface area contributed by atoms with Gasteiger partial charge in [-0.2, -0.15) is 0 Å². The lowest BCUT2D eigenvalue weighted by molar-refractivity contribution is 0.308. The maximum atomic E-state index is 6.33. The van der Waals surface area contributed by atoms with E-state index in [4.69, 9.17) is 20.0 Å². The fourth-order valence-corrected chi connectivity index (χ4v) is 8.75. The van der Waals surface area contributed by atoms with E-state index in [1.165, 1.54) is 0 Å². The van der Waals surface area contributed by atoms with Gasteiger partial charge in [0.15, 0.2) is 8.32 Å². The molecule has 1 aromatic rings. The van der Waals surface area contributed by atoms with E-state index in [2.05, 4.69) is 19.6 Å². The van der Waals surface area contributed by atoms with Gasteiger partial charge in [-0.05, 0) is 50.7 Å². The van der Waals surface area contributed by atoms with Gasteiger partial charge >= 0.3 is 0 Å². The Bertz CT molecular complexity index is 386. The third kappa shape index (κ3) is 7.21.